The second-order valence-electron chi connectivity index (χ2n) is 6.12. The molecule has 25 heavy (non-hydrogen) atoms. The lowest BCUT2D eigenvalue weighted by molar-refractivity contribution is 0.0129. The van der Waals surface area contributed by atoms with Gasteiger partial charge in [-0.3, -0.25) is 0 Å². The molecule has 1 saturated heterocycles. The van der Waals surface area contributed by atoms with E-state index >= 15 is 0 Å². The van der Waals surface area contributed by atoms with E-state index in [-0.39, 0.29) is 12.1 Å². The van der Waals surface area contributed by atoms with Crippen LogP contribution in [-0.2, 0) is 4.74 Å². The number of hydrogen-bond acceptors (Lipinski definition) is 6. The van der Waals surface area contributed by atoms with Crippen molar-refractivity contribution in [1.29, 1.82) is 0 Å². The number of benzene rings is 1. The molecule has 0 amide bonds. The number of aryl methyl sites for hydroxylation is 1. The molecule has 128 valence electrons. The van der Waals surface area contributed by atoms with Crippen LogP contribution in [0.1, 0.15) is 12.1 Å². The average molecular weight is 336 g/mol. The fourth-order valence-corrected chi connectivity index (χ4v) is 3.09. The molecule has 1 aliphatic rings. The first-order chi connectivity index (χ1) is 12.3. The highest BCUT2D eigenvalue weighted by Gasteiger charge is 2.28. The summed E-state index contributed by atoms with van der Waals surface area (Å²) in [5, 5.41) is 14.2. The first-order valence-corrected chi connectivity index (χ1v) is 8.45. The van der Waals surface area contributed by atoms with Crippen LogP contribution in [0, 0.1) is 6.92 Å². The van der Waals surface area contributed by atoms with Crippen LogP contribution in [0.4, 0.5) is 5.82 Å². The van der Waals surface area contributed by atoms with Gasteiger partial charge >= 0.3 is 0 Å². The van der Waals surface area contributed by atoms with E-state index in [0.29, 0.717) is 19.1 Å². The normalized spacial score (nSPS) is 20.4. The second kappa shape index (κ2) is 7.03. The molecule has 0 bridgehead atoms. The molecule has 6 nitrogen and oxygen atoms in total. The Morgan fingerprint density at radius 2 is 1.92 bits per heavy atom. The summed E-state index contributed by atoms with van der Waals surface area (Å²) in [5.74, 6) is 1.38. The number of anilines is 1. The van der Waals surface area contributed by atoms with E-state index in [2.05, 4.69) is 32.6 Å². The molecule has 0 unspecified atom stereocenters. The molecule has 1 fully saturated rings. The predicted octanol–water partition coefficient (Wildman–Crippen LogP) is 2.98. The quantitative estimate of drug-likeness (QED) is 0.790. The van der Waals surface area contributed by atoms with Crippen molar-refractivity contribution in [2.24, 2.45) is 0 Å². The van der Waals surface area contributed by atoms with Gasteiger partial charge < -0.3 is 14.8 Å². The average Bonchev–Trinajstić information content (AvgIpc) is 2.67. The number of aromatic nitrogens is 3. The van der Waals surface area contributed by atoms with Gasteiger partial charge in [0.25, 0.3) is 0 Å². The third-order valence-electron chi connectivity index (χ3n) is 4.40. The third kappa shape index (κ3) is 3.39. The van der Waals surface area contributed by atoms with Crippen LogP contribution in [0.15, 0.2) is 48.7 Å². The van der Waals surface area contributed by atoms with Crippen molar-refractivity contribution < 1.29 is 9.47 Å². The summed E-state index contributed by atoms with van der Waals surface area (Å²) in [5.41, 5.74) is 0.919. The van der Waals surface area contributed by atoms with Gasteiger partial charge in [-0.1, -0.05) is 30.3 Å². The van der Waals surface area contributed by atoms with Gasteiger partial charge in [0.1, 0.15) is 6.10 Å². The number of hydrogen-bond donors (Lipinski definition) is 1. The van der Waals surface area contributed by atoms with E-state index in [1.807, 2.05) is 37.3 Å². The summed E-state index contributed by atoms with van der Waals surface area (Å²) in [4.78, 5) is 4.26. The Kier molecular flexibility index (Phi) is 4.43. The fourth-order valence-electron chi connectivity index (χ4n) is 3.09. The molecule has 2 aromatic heterocycles. The maximum absolute atomic E-state index is 6.07. The number of nitrogens with one attached hydrogen (secondary N) is 1. The van der Waals surface area contributed by atoms with E-state index in [0.717, 1.165) is 28.7 Å². The van der Waals surface area contributed by atoms with Crippen molar-refractivity contribution in [3.63, 3.8) is 0 Å². The van der Waals surface area contributed by atoms with Crippen molar-refractivity contribution in [3.05, 3.63) is 54.4 Å². The minimum atomic E-state index is -0.0366. The lowest BCUT2D eigenvalue weighted by atomic mass is 10.1. The maximum atomic E-state index is 6.07. The third-order valence-corrected chi connectivity index (χ3v) is 4.40. The summed E-state index contributed by atoms with van der Waals surface area (Å²) in [6.45, 7) is 3.20. The number of ether oxygens (including phenoxy) is 2. The summed E-state index contributed by atoms with van der Waals surface area (Å²) in [6.07, 6.45) is 2.49. The fraction of sp³-hybridized carbons (Fsp3) is 0.316. The van der Waals surface area contributed by atoms with Crippen LogP contribution in [0.3, 0.4) is 0 Å². The summed E-state index contributed by atoms with van der Waals surface area (Å²) in [7, 11) is 0. The lowest BCUT2D eigenvalue weighted by Crippen LogP contribution is -2.46. The molecule has 4 rings (SSSR count). The first kappa shape index (κ1) is 15.8. The van der Waals surface area contributed by atoms with E-state index in [1.54, 1.807) is 6.20 Å². The van der Waals surface area contributed by atoms with Crippen molar-refractivity contribution in [3.8, 4) is 5.88 Å². The molecule has 0 radical (unpaired) electrons. The smallest absolute Gasteiger partial charge is 0.213 e. The van der Waals surface area contributed by atoms with Gasteiger partial charge in [-0.2, -0.15) is 5.10 Å². The van der Waals surface area contributed by atoms with Gasteiger partial charge in [0, 0.05) is 29.5 Å². The predicted molar refractivity (Wildman–Crippen MR) is 95.8 cm³/mol. The highest BCUT2D eigenvalue weighted by atomic mass is 16.5. The molecule has 0 saturated carbocycles. The molecule has 1 N–H and O–H groups in total. The topological polar surface area (TPSA) is 69.2 Å². The number of pyridine rings is 1. The van der Waals surface area contributed by atoms with Crippen LogP contribution in [0.5, 0.6) is 5.88 Å². The molecule has 3 aromatic rings. The van der Waals surface area contributed by atoms with Gasteiger partial charge in [-0.25, -0.2) is 4.98 Å². The Labute approximate surface area is 146 Å². The minimum Gasteiger partial charge on any atom is -0.472 e. The SMILES string of the molecule is Cc1nnc(N[C@@H]2COCC[C@H]2Oc2ccccn2)c2ccccc12. The largest absolute Gasteiger partial charge is 0.472 e. The van der Waals surface area contributed by atoms with Gasteiger partial charge in [-0.15, -0.1) is 5.10 Å². The Morgan fingerprint density at radius 1 is 1.08 bits per heavy atom. The second-order valence-corrected chi connectivity index (χ2v) is 6.12. The molecule has 0 spiro atoms. The highest BCUT2D eigenvalue weighted by Crippen LogP contribution is 2.25. The van der Waals surface area contributed by atoms with E-state index in [1.165, 1.54) is 0 Å². The molecular formula is C19H20N4O2. The zero-order chi connectivity index (χ0) is 17.1. The highest BCUT2D eigenvalue weighted by molar-refractivity contribution is 5.92. The van der Waals surface area contributed by atoms with Crippen molar-refractivity contribution >= 4 is 16.6 Å². The van der Waals surface area contributed by atoms with Crippen molar-refractivity contribution in [1.82, 2.24) is 15.2 Å². The standard InChI is InChI=1S/C19H20N4O2/c1-13-14-6-2-3-7-15(14)19(23-22-13)21-16-12-24-11-9-17(16)25-18-8-4-5-10-20-18/h2-8,10,16-17H,9,11-12H2,1H3,(H,21,23)/t16-,17-/m1/s1. The number of rotatable bonds is 4. The van der Waals surface area contributed by atoms with Crippen LogP contribution >= 0.6 is 0 Å². The molecule has 6 heteroatoms. The zero-order valence-electron chi connectivity index (χ0n) is 14.1. The Bertz CT molecular complexity index is 856. The Balaban J connectivity index is 1.59. The Hall–Kier alpha value is -2.73. The van der Waals surface area contributed by atoms with E-state index < -0.39 is 0 Å². The van der Waals surface area contributed by atoms with Crippen molar-refractivity contribution in [2.45, 2.75) is 25.5 Å². The van der Waals surface area contributed by atoms with E-state index in [9.17, 15) is 0 Å². The van der Waals surface area contributed by atoms with Crippen LogP contribution < -0.4 is 10.1 Å². The van der Waals surface area contributed by atoms with Crippen molar-refractivity contribution in [2.75, 3.05) is 18.5 Å². The monoisotopic (exact) mass is 336 g/mol. The van der Waals surface area contributed by atoms with Crippen LogP contribution in [-0.4, -0.2) is 40.5 Å². The molecule has 3 heterocycles. The number of fused-ring (bicyclic) bond motifs is 1. The zero-order valence-corrected chi connectivity index (χ0v) is 14.1. The summed E-state index contributed by atoms with van der Waals surface area (Å²) < 4.78 is 11.7. The minimum absolute atomic E-state index is 0.0174. The van der Waals surface area contributed by atoms with Gasteiger partial charge in [0.2, 0.25) is 5.88 Å². The Morgan fingerprint density at radius 3 is 2.76 bits per heavy atom. The van der Waals surface area contributed by atoms with Crippen LogP contribution in [0.25, 0.3) is 10.8 Å². The van der Waals surface area contributed by atoms with Crippen LogP contribution in [0.2, 0.25) is 0 Å². The molecule has 0 aliphatic carbocycles. The molecule has 1 aromatic carbocycles. The summed E-state index contributed by atoms with van der Waals surface area (Å²) in [6, 6.07) is 13.8. The number of nitrogens with zero attached hydrogens (tertiary/aromatic N) is 3. The van der Waals surface area contributed by atoms with Gasteiger partial charge in [0.15, 0.2) is 5.82 Å². The summed E-state index contributed by atoms with van der Waals surface area (Å²) >= 11 is 0. The molecular weight excluding hydrogens is 316 g/mol. The van der Waals surface area contributed by atoms with Gasteiger partial charge in [0.05, 0.1) is 24.9 Å². The molecule has 1 aliphatic heterocycles. The lowest BCUT2D eigenvalue weighted by Gasteiger charge is -2.32. The molecule has 2 atom stereocenters. The van der Waals surface area contributed by atoms with E-state index in [4.69, 9.17) is 9.47 Å². The maximum Gasteiger partial charge on any atom is 0.213 e. The van der Waals surface area contributed by atoms with Gasteiger partial charge in [-0.05, 0) is 13.0 Å². The first-order valence-electron chi connectivity index (χ1n) is 8.45.